The van der Waals surface area contributed by atoms with Crippen molar-refractivity contribution < 1.29 is 24.1 Å². The summed E-state index contributed by atoms with van der Waals surface area (Å²) < 4.78 is 24.8. The van der Waals surface area contributed by atoms with Crippen LogP contribution >= 0.6 is 0 Å². The van der Waals surface area contributed by atoms with E-state index in [1.54, 1.807) is 6.08 Å². The van der Waals surface area contributed by atoms with E-state index >= 15 is 0 Å². The quantitative estimate of drug-likeness (QED) is 0.355. The topological polar surface area (TPSA) is 57.2 Å². The first-order chi connectivity index (χ1) is 17.2. The van der Waals surface area contributed by atoms with E-state index < -0.39 is 11.9 Å². The van der Waals surface area contributed by atoms with Gasteiger partial charge < -0.3 is 24.1 Å². The second-order valence-corrected chi connectivity index (χ2v) is 8.87. The highest BCUT2D eigenvalue weighted by Gasteiger charge is 2.50. The van der Waals surface area contributed by atoms with E-state index in [-0.39, 0.29) is 18.6 Å². The van der Waals surface area contributed by atoms with Crippen molar-refractivity contribution in [1.29, 1.82) is 0 Å². The van der Waals surface area contributed by atoms with Gasteiger partial charge in [-0.1, -0.05) is 97.1 Å². The SMILES string of the molecule is C=CC[C@@]1(O)O[C@@H](COCc2ccccc2)C[C@@H](OCc2ccccc2)[C@H]1OCc1ccccc1. The lowest BCUT2D eigenvalue weighted by molar-refractivity contribution is -0.341. The van der Waals surface area contributed by atoms with Crippen LogP contribution < -0.4 is 0 Å². The summed E-state index contributed by atoms with van der Waals surface area (Å²) in [7, 11) is 0. The maximum absolute atomic E-state index is 11.6. The first-order valence-electron chi connectivity index (χ1n) is 12.1. The smallest absolute Gasteiger partial charge is 0.198 e. The average Bonchev–Trinajstić information content (AvgIpc) is 2.89. The molecule has 0 amide bonds. The number of rotatable bonds is 12. The molecule has 35 heavy (non-hydrogen) atoms. The van der Waals surface area contributed by atoms with Crippen LogP contribution in [0.3, 0.4) is 0 Å². The first-order valence-corrected chi connectivity index (χ1v) is 12.1. The maximum atomic E-state index is 11.6. The van der Waals surface area contributed by atoms with Crippen LogP contribution in [0.5, 0.6) is 0 Å². The fourth-order valence-corrected chi connectivity index (χ4v) is 4.36. The summed E-state index contributed by atoms with van der Waals surface area (Å²) in [6.07, 6.45) is 0.993. The summed E-state index contributed by atoms with van der Waals surface area (Å²) in [5.41, 5.74) is 3.17. The van der Waals surface area contributed by atoms with Crippen molar-refractivity contribution in [3.63, 3.8) is 0 Å². The Morgan fingerprint density at radius 3 is 1.86 bits per heavy atom. The summed E-state index contributed by atoms with van der Waals surface area (Å²) in [4.78, 5) is 0. The standard InChI is InChI=1S/C30H34O5/c1-2-18-30(31)29(34-22-26-16-10-5-11-17-26)28(33-21-25-14-8-4-9-15-25)19-27(35-30)23-32-20-24-12-6-3-7-13-24/h2-17,27-29,31H,1,18-23H2/t27-,28-,29-,30-/m1/s1. The van der Waals surface area contributed by atoms with Gasteiger partial charge in [0.05, 0.1) is 38.6 Å². The van der Waals surface area contributed by atoms with Gasteiger partial charge in [0.15, 0.2) is 5.79 Å². The Kier molecular flexibility index (Phi) is 9.23. The summed E-state index contributed by atoms with van der Waals surface area (Å²) in [5, 5.41) is 11.6. The zero-order valence-electron chi connectivity index (χ0n) is 20.0. The zero-order chi connectivity index (χ0) is 24.3. The molecular weight excluding hydrogens is 440 g/mol. The number of hydrogen-bond donors (Lipinski definition) is 1. The first kappa shape index (κ1) is 25.3. The van der Waals surface area contributed by atoms with Gasteiger partial charge in [0.25, 0.3) is 0 Å². The molecule has 1 aliphatic heterocycles. The molecule has 0 saturated carbocycles. The lowest BCUT2D eigenvalue weighted by atomic mass is 9.92. The molecule has 4 atom stereocenters. The van der Waals surface area contributed by atoms with Gasteiger partial charge >= 0.3 is 0 Å². The normalized spacial score (nSPS) is 24.2. The molecule has 5 nitrogen and oxygen atoms in total. The van der Waals surface area contributed by atoms with Crippen molar-refractivity contribution in [2.75, 3.05) is 6.61 Å². The van der Waals surface area contributed by atoms with Crippen LogP contribution in [-0.2, 0) is 38.8 Å². The monoisotopic (exact) mass is 474 g/mol. The molecule has 1 aliphatic rings. The van der Waals surface area contributed by atoms with Crippen molar-refractivity contribution >= 4 is 0 Å². The minimum atomic E-state index is -1.57. The minimum absolute atomic E-state index is 0.215. The van der Waals surface area contributed by atoms with E-state index in [0.29, 0.717) is 32.8 Å². The molecule has 3 aromatic carbocycles. The summed E-state index contributed by atoms with van der Waals surface area (Å²) in [5.74, 6) is -1.57. The Morgan fingerprint density at radius 2 is 1.31 bits per heavy atom. The van der Waals surface area contributed by atoms with Gasteiger partial charge in [0.1, 0.15) is 6.10 Å². The molecule has 1 N–H and O–H groups in total. The lowest BCUT2D eigenvalue weighted by Gasteiger charge is -2.46. The number of benzene rings is 3. The summed E-state index contributed by atoms with van der Waals surface area (Å²) in [6.45, 7) is 5.40. The van der Waals surface area contributed by atoms with Crippen molar-refractivity contribution in [2.45, 2.75) is 56.8 Å². The third-order valence-corrected chi connectivity index (χ3v) is 6.08. The molecule has 1 heterocycles. The molecule has 5 heteroatoms. The predicted octanol–water partition coefficient (Wildman–Crippen LogP) is 5.43. The highest BCUT2D eigenvalue weighted by atomic mass is 16.7. The molecular formula is C30H34O5. The Balaban J connectivity index is 1.47. The van der Waals surface area contributed by atoms with Gasteiger partial charge in [-0.15, -0.1) is 6.58 Å². The average molecular weight is 475 g/mol. The Bertz CT molecular complexity index is 1010. The van der Waals surface area contributed by atoms with Crippen molar-refractivity contribution in [1.82, 2.24) is 0 Å². The van der Waals surface area contributed by atoms with E-state index in [1.807, 2.05) is 91.0 Å². The second-order valence-electron chi connectivity index (χ2n) is 8.87. The molecule has 1 fully saturated rings. The number of hydrogen-bond acceptors (Lipinski definition) is 5. The lowest BCUT2D eigenvalue weighted by Crippen LogP contribution is -2.60. The van der Waals surface area contributed by atoms with E-state index in [2.05, 4.69) is 6.58 Å². The van der Waals surface area contributed by atoms with Gasteiger partial charge in [0.2, 0.25) is 0 Å². The molecule has 4 rings (SSSR count). The van der Waals surface area contributed by atoms with E-state index in [9.17, 15) is 5.11 Å². The third-order valence-electron chi connectivity index (χ3n) is 6.08. The molecule has 184 valence electrons. The fraction of sp³-hybridized carbons (Fsp3) is 0.333. The Hall–Kier alpha value is -2.80. The van der Waals surface area contributed by atoms with E-state index in [0.717, 1.165) is 16.7 Å². The maximum Gasteiger partial charge on any atom is 0.198 e. The van der Waals surface area contributed by atoms with Crippen LogP contribution in [0.25, 0.3) is 0 Å². The highest BCUT2D eigenvalue weighted by Crippen LogP contribution is 2.35. The number of ether oxygens (including phenoxy) is 4. The molecule has 0 aromatic heterocycles. The molecule has 0 aliphatic carbocycles. The molecule has 0 unspecified atom stereocenters. The van der Waals surface area contributed by atoms with Crippen LogP contribution in [0, 0.1) is 0 Å². The van der Waals surface area contributed by atoms with E-state index in [4.69, 9.17) is 18.9 Å². The van der Waals surface area contributed by atoms with Gasteiger partial charge in [-0.2, -0.15) is 0 Å². The van der Waals surface area contributed by atoms with Gasteiger partial charge in [-0.05, 0) is 16.7 Å². The van der Waals surface area contributed by atoms with Gasteiger partial charge in [-0.25, -0.2) is 0 Å². The molecule has 0 bridgehead atoms. The summed E-state index contributed by atoms with van der Waals surface area (Å²) in [6, 6.07) is 29.9. The highest BCUT2D eigenvalue weighted by molar-refractivity contribution is 5.15. The molecule has 3 aromatic rings. The number of aliphatic hydroxyl groups is 1. The van der Waals surface area contributed by atoms with Crippen molar-refractivity contribution in [2.24, 2.45) is 0 Å². The van der Waals surface area contributed by atoms with Gasteiger partial charge in [-0.3, -0.25) is 0 Å². The fourth-order valence-electron chi connectivity index (χ4n) is 4.36. The van der Waals surface area contributed by atoms with Crippen molar-refractivity contribution in [3.05, 3.63) is 120 Å². The van der Waals surface area contributed by atoms with Crippen LogP contribution in [0.4, 0.5) is 0 Å². The Morgan fingerprint density at radius 1 is 0.800 bits per heavy atom. The minimum Gasteiger partial charge on any atom is -0.374 e. The zero-order valence-corrected chi connectivity index (χ0v) is 20.0. The van der Waals surface area contributed by atoms with Gasteiger partial charge in [0, 0.05) is 12.8 Å². The van der Waals surface area contributed by atoms with Crippen LogP contribution in [0.2, 0.25) is 0 Å². The summed E-state index contributed by atoms with van der Waals surface area (Å²) >= 11 is 0. The van der Waals surface area contributed by atoms with Crippen LogP contribution in [0.15, 0.2) is 104 Å². The largest absolute Gasteiger partial charge is 0.374 e. The van der Waals surface area contributed by atoms with Crippen LogP contribution in [-0.4, -0.2) is 35.8 Å². The molecule has 1 saturated heterocycles. The van der Waals surface area contributed by atoms with E-state index in [1.165, 1.54) is 0 Å². The molecule has 0 radical (unpaired) electrons. The van der Waals surface area contributed by atoms with Crippen LogP contribution in [0.1, 0.15) is 29.5 Å². The predicted molar refractivity (Wildman–Crippen MR) is 135 cm³/mol. The second kappa shape index (κ2) is 12.8. The molecule has 0 spiro atoms. The third kappa shape index (κ3) is 7.34. The Labute approximate surface area is 207 Å². The van der Waals surface area contributed by atoms with Crippen molar-refractivity contribution in [3.8, 4) is 0 Å².